The summed E-state index contributed by atoms with van der Waals surface area (Å²) in [7, 11) is 0. The first-order valence-electron chi connectivity index (χ1n) is 8.36. The van der Waals surface area contributed by atoms with E-state index in [-0.39, 0.29) is 17.8 Å². The van der Waals surface area contributed by atoms with Gasteiger partial charge in [0, 0.05) is 11.6 Å². The van der Waals surface area contributed by atoms with E-state index in [1.54, 1.807) is 19.1 Å². The molecular formula is C19H18FN3O2. The molecule has 2 aromatic heterocycles. The van der Waals surface area contributed by atoms with E-state index in [0.717, 1.165) is 24.1 Å². The monoisotopic (exact) mass is 339 g/mol. The van der Waals surface area contributed by atoms with Gasteiger partial charge in [-0.3, -0.25) is 4.79 Å². The van der Waals surface area contributed by atoms with Crippen molar-refractivity contribution in [2.24, 2.45) is 0 Å². The van der Waals surface area contributed by atoms with Crippen LogP contribution in [0, 0.1) is 12.7 Å². The van der Waals surface area contributed by atoms with Crippen molar-refractivity contribution in [1.29, 1.82) is 0 Å². The quantitative estimate of drug-likeness (QED) is 0.779. The molecule has 0 aliphatic heterocycles. The zero-order valence-corrected chi connectivity index (χ0v) is 14.0. The molecule has 1 N–H and O–H groups in total. The number of benzene rings is 1. The van der Waals surface area contributed by atoms with Gasteiger partial charge in [0.25, 0.3) is 11.6 Å². The van der Waals surface area contributed by atoms with E-state index in [2.05, 4.69) is 15.5 Å². The van der Waals surface area contributed by atoms with E-state index >= 15 is 0 Å². The number of halogens is 1. The number of aromatic nitrogens is 2. The Kier molecular flexibility index (Phi) is 3.75. The molecule has 1 unspecified atom stereocenters. The predicted molar refractivity (Wildman–Crippen MR) is 90.8 cm³/mol. The Labute approximate surface area is 144 Å². The second-order valence-electron chi connectivity index (χ2n) is 6.56. The minimum Gasteiger partial charge on any atom is -0.345 e. The van der Waals surface area contributed by atoms with Crippen LogP contribution in [0.4, 0.5) is 4.39 Å². The summed E-state index contributed by atoms with van der Waals surface area (Å²) in [6, 6.07) is 7.71. The van der Waals surface area contributed by atoms with Gasteiger partial charge in [-0.05, 0) is 50.5 Å². The van der Waals surface area contributed by atoms with Gasteiger partial charge < -0.3 is 9.84 Å². The molecule has 2 heterocycles. The van der Waals surface area contributed by atoms with E-state index in [1.165, 1.54) is 12.1 Å². The molecule has 0 bridgehead atoms. The smallest absolute Gasteiger partial charge is 0.259 e. The third-order valence-electron chi connectivity index (χ3n) is 4.59. The average molecular weight is 339 g/mol. The van der Waals surface area contributed by atoms with Crippen LogP contribution in [-0.2, 0) is 0 Å². The molecule has 1 aliphatic carbocycles. The van der Waals surface area contributed by atoms with E-state index in [0.29, 0.717) is 28.3 Å². The van der Waals surface area contributed by atoms with Gasteiger partial charge in [0.1, 0.15) is 5.82 Å². The van der Waals surface area contributed by atoms with Gasteiger partial charge in [-0.1, -0.05) is 17.3 Å². The highest BCUT2D eigenvalue weighted by atomic mass is 19.1. The van der Waals surface area contributed by atoms with E-state index in [4.69, 9.17) is 4.52 Å². The number of hydrogen-bond donors (Lipinski definition) is 1. The normalized spacial score (nSPS) is 15.3. The molecule has 25 heavy (non-hydrogen) atoms. The lowest BCUT2D eigenvalue weighted by Crippen LogP contribution is -2.27. The summed E-state index contributed by atoms with van der Waals surface area (Å²) in [5.41, 5.74) is 3.29. The average Bonchev–Trinajstić information content (AvgIpc) is 3.38. The van der Waals surface area contributed by atoms with Gasteiger partial charge in [0.15, 0.2) is 0 Å². The van der Waals surface area contributed by atoms with Crippen LogP contribution >= 0.6 is 0 Å². The Morgan fingerprint density at radius 2 is 2.04 bits per heavy atom. The molecular weight excluding hydrogens is 321 g/mol. The first-order chi connectivity index (χ1) is 12.0. The number of amides is 1. The summed E-state index contributed by atoms with van der Waals surface area (Å²) < 4.78 is 18.4. The van der Waals surface area contributed by atoms with Gasteiger partial charge in [-0.15, -0.1) is 0 Å². The van der Waals surface area contributed by atoms with Crippen molar-refractivity contribution < 1.29 is 13.7 Å². The van der Waals surface area contributed by atoms with Crippen molar-refractivity contribution >= 4 is 17.0 Å². The highest BCUT2D eigenvalue weighted by molar-refractivity contribution is 6.06. The maximum atomic E-state index is 13.1. The minimum atomic E-state index is -0.299. The number of carbonyl (C=O) groups is 1. The summed E-state index contributed by atoms with van der Waals surface area (Å²) in [5.74, 6) is -0.111. The summed E-state index contributed by atoms with van der Waals surface area (Å²) >= 11 is 0. The SMILES string of the molecule is Cc1noc2nc(C3CC3)cc(C(=O)NC(C)c3ccc(F)cc3)c12. The standard InChI is InChI=1S/C19H18FN3O2/c1-10(12-5-7-14(20)8-6-12)21-18(24)15-9-16(13-3-4-13)22-19-17(15)11(2)23-25-19/h5-10,13H,3-4H2,1-2H3,(H,21,24). The number of pyridine rings is 1. The van der Waals surface area contributed by atoms with Crippen LogP contribution in [0.2, 0.25) is 0 Å². The largest absolute Gasteiger partial charge is 0.345 e. The van der Waals surface area contributed by atoms with Gasteiger partial charge in [0.05, 0.1) is 22.7 Å². The highest BCUT2D eigenvalue weighted by Gasteiger charge is 2.29. The molecule has 1 amide bonds. The first kappa shape index (κ1) is 15.7. The fourth-order valence-corrected chi connectivity index (χ4v) is 2.99. The van der Waals surface area contributed by atoms with Gasteiger partial charge in [0.2, 0.25) is 0 Å². The summed E-state index contributed by atoms with van der Waals surface area (Å²) in [4.78, 5) is 17.4. The Morgan fingerprint density at radius 1 is 1.32 bits per heavy atom. The van der Waals surface area contributed by atoms with Crippen molar-refractivity contribution in [2.45, 2.75) is 38.6 Å². The predicted octanol–water partition coefficient (Wildman–Crippen LogP) is 4.04. The Hall–Kier alpha value is -2.76. The molecule has 1 aliphatic rings. The van der Waals surface area contributed by atoms with Crippen molar-refractivity contribution in [3.05, 3.63) is 58.7 Å². The fraction of sp³-hybridized carbons (Fsp3) is 0.316. The van der Waals surface area contributed by atoms with Crippen LogP contribution in [0.15, 0.2) is 34.9 Å². The fourth-order valence-electron chi connectivity index (χ4n) is 2.99. The van der Waals surface area contributed by atoms with Crippen molar-refractivity contribution in [1.82, 2.24) is 15.5 Å². The summed E-state index contributed by atoms with van der Waals surface area (Å²) in [6.45, 7) is 3.66. The molecule has 0 spiro atoms. The number of fused-ring (bicyclic) bond motifs is 1. The molecule has 4 rings (SSSR count). The van der Waals surface area contributed by atoms with Gasteiger partial charge in [-0.2, -0.15) is 0 Å². The second-order valence-corrected chi connectivity index (χ2v) is 6.56. The zero-order chi connectivity index (χ0) is 17.6. The molecule has 3 aromatic rings. The van der Waals surface area contributed by atoms with Gasteiger partial charge >= 0.3 is 0 Å². The second kappa shape index (κ2) is 5.95. The number of nitrogens with zero attached hydrogens (tertiary/aromatic N) is 2. The van der Waals surface area contributed by atoms with Gasteiger partial charge in [-0.25, -0.2) is 9.37 Å². The van der Waals surface area contributed by atoms with E-state index < -0.39 is 0 Å². The van der Waals surface area contributed by atoms with Crippen molar-refractivity contribution in [3.8, 4) is 0 Å². The maximum absolute atomic E-state index is 13.1. The lowest BCUT2D eigenvalue weighted by atomic mass is 10.1. The van der Waals surface area contributed by atoms with Crippen LogP contribution in [-0.4, -0.2) is 16.0 Å². The Balaban J connectivity index is 1.67. The number of aryl methyl sites for hydroxylation is 1. The summed E-state index contributed by atoms with van der Waals surface area (Å²) in [6.07, 6.45) is 2.16. The van der Waals surface area contributed by atoms with Crippen LogP contribution in [0.25, 0.3) is 11.1 Å². The van der Waals surface area contributed by atoms with Crippen LogP contribution in [0.3, 0.4) is 0 Å². The molecule has 0 radical (unpaired) electrons. The van der Waals surface area contributed by atoms with E-state index in [1.807, 2.05) is 13.0 Å². The summed E-state index contributed by atoms with van der Waals surface area (Å²) in [5, 5.41) is 7.56. The van der Waals surface area contributed by atoms with Crippen LogP contribution in [0.1, 0.15) is 59.0 Å². The molecule has 1 aromatic carbocycles. The Morgan fingerprint density at radius 3 is 2.72 bits per heavy atom. The molecule has 0 saturated heterocycles. The number of nitrogens with one attached hydrogen (secondary N) is 1. The number of rotatable bonds is 4. The first-order valence-corrected chi connectivity index (χ1v) is 8.36. The minimum absolute atomic E-state index is 0.211. The highest BCUT2D eigenvalue weighted by Crippen LogP contribution is 2.40. The van der Waals surface area contributed by atoms with Crippen molar-refractivity contribution in [2.75, 3.05) is 0 Å². The molecule has 1 saturated carbocycles. The van der Waals surface area contributed by atoms with E-state index in [9.17, 15) is 9.18 Å². The molecule has 5 nitrogen and oxygen atoms in total. The van der Waals surface area contributed by atoms with Crippen LogP contribution < -0.4 is 5.32 Å². The Bertz CT molecular complexity index is 945. The number of carbonyl (C=O) groups excluding carboxylic acids is 1. The molecule has 6 heteroatoms. The topological polar surface area (TPSA) is 68.0 Å². The molecule has 128 valence electrons. The molecule has 1 atom stereocenters. The molecule has 1 fully saturated rings. The zero-order valence-electron chi connectivity index (χ0n) is 14.0. The third-order valence-corrected chi connectivity index (χ3v) is 4.59. The van der Waals surface area contributed by atoms with Crippen molar-refractivity contribution in [3.63, 3.8) is 0 Å². The lowest BCUT2D eigenvalue weighted by Gasteiger charge is -2.15. The van der Waals surface area contributed by atoms with Crippen LogP contribution in [0.5, 0.6) is 0 Å². The number of hydrogen-bond acceptors (Lipinski definition) is 4. The lowest BCUT2D eigenvalue weighted by molar-refractivity contribution is 0.0941. The third kappa shape index (κ3) is 2.99. The maximum Gasteiger partial charge on any atom is 0.259 e.